The molecule has 0 saturated carbocycles. The van der Waals surface area contributed by atoms with Crippen molar-refractivity contribution >= 4 is 23.3 Å². The zero-order valence-corrected chi connectivity index (χ0v) is 15.2. The number of anilines is 2. The van der Waals surface area contributed by atoms with Crippen LogP contribution >= 0.6 is 0 Å². The molecule has 1 heterocycles. The summed E-state index contributed by atoms with van der Waals surface area (Å²) in [5.41, 5.74) is 1.88. The summed E-state index contributed by atoms with van der Waals surface area (Å²) < 4.78 is 5.01. The first-order chi connectivity index (χ1) is 12.7. The third kappa shape index (κ3) is 5.58. The van der Waals surface area contributed by atoms with Crippen molar-refractivity contribution in [3.8, 4) is 0 Å². The fourth-order valence-corrected chi connectivity index (χ4v) is 2.41. The van der Waals surface area contributed by atoms with Crippen molar-refractivity contribution in [1.29, 1.82) is 0 Å². The molecular weight excluding hydrogens is 330 g/mol. The number of hydrogen-bond acceptors (Lipinski definition) is 5. The first kappa shape index (κ1) is 19.4. The lowest BCUT2D eigenvalue weighted by molar-refractivity contribution is 0.0527. The number of carbonyl (C=O) groups excluding carboxylic acids is 2. The molecule has 0 fully saturated rings. The molecule has 0 aliphatic carbocycles. The van der Waals surface area contributed by atoms with Crippen molar-refractivity contribution in [3.63, 3.8) is 0 Å². The Morgan fingerprint density at radius 2 is 1.88 bits per heavy atom. The van der Waals surface area contributed by atoms with Gasteiger partial charge in [-0.1, -0.05) is 31.9 Å². The van der Waals surface area contributed by atoms with E-state index in [-0.39, 0.29) is 18.2 Å². The molecule has 0 radical (unpaired) electrons. The summed E-state index contributed by atoms with van der Waals surface area (Å²) >= 11 is 0. The number of pyridine rings is 1. The van der Waals surface area contributed by atoms with Crippen LogP contribution in [-0.4, -0.2) is 30.0 Å². The fourth-order valence-electron chi connectivity index (χ4n) is 2.41. The third-order valence-electron chi connectivity index (χ3n) is 3.78. The van der Waals surface area contributed by atoms with Crippen LogP contribution in [0.3, 0.4) is 0 Å². The van der Waals surface area contributed by atoms with Gasteiger partial charge in [-0.3, -0.25) is 4.79 Å². The van der Waals surface area contributed by atoms with E-state index in [4.69, 9.17) is 4.74 Å². The van der Waals surface area contributed by atoms with Gasteiger partial charge in [0, 0.05) is 6.54 Å². The number of rotatable bonds is 9. The maximum absolute atomic E-state index is 12.4. The number of esters is 1. The van der Waals surface area contributed by atoms with Gasteiger partial charge in [-0.25, -0.2) is 9.78 Å². The van der Waals surface area contributed by atoms with E-state index in [1.165, 1.54) is 12.8 Å². The lowest BCUT2D eigenvalue weighted by Crippen LogP contribution is -2.17. The number of unbranched alkanes of at least 4 members (excludes halogenated alkanes) is 2. The van der Waals surface area contributed by atoms with Gasteiger partial charge in [-0.2, -0.15) is 0 Å². The van der Waals surface area contributed by atoms with E-state index >= 15 is 0 Å². The standard InChI is InChI=1S/C20H25N3O3/c1-3-5-8-13-21-15-11-12-18(22-14-15)19(24)23-17-10-7-6-9-16(17)20(25)26-4-2/h6-7,9-12,14,21H,3-5,8,13H2,1-2H3,(H,23,24). The Labute approximate surface area is 154 Å². The van der Waals surface area contributed by atoms with E-state index in [1.54, 1.807) is 43.5 Å². The van der Waals surface area contributed by atoms with Crippen molar-refractivity contribution in [3.05, 3.63) is 53.9 Å². The summed E-state index contributed by atoms with van der Waals surface area (Å²) in [6.45, 7) is 5.05. The van der Waals surface area contributed by atoms with Crippen molar-refractivity contribution in [2.75, 3.05) is 23.8 Å². The average molecular weight is 355 g/mol. The van der Waals surface area contributed by atoms with Gasteiger partial charge in [0.05, 0.1) is 29.7 Å². The number of nitrogens with one attached hydrogen (secondary N) is 2. The molecule has 0 spiro atoms. The van der Waals surface area contributed by atoms with Crippen molar-refractivity contribution in [1.82, 2.24) is 4.98 Å². The van der Waals surface area contributed by atoms with Crippen LogP contribution in [0.25, 0.3) is 0 Å². The molecule has 0 saturated heterocycles. The van der Waals surface area contributed by atoms with Crippen molar-refractivity contribution in [2.24, 2.45) is 0 Å². The molecule has 6 heteroatoms. The summed E-state index contributed by atoms with van der Waals surface area (Å²) in [5.74, 6) is -0.845. The minimum absolute atomic E-state index is 0.273. The van der Waals surface area contributed by atoms with E-state index in [2.05, 4.69) is 22.5 Å². The van der Waals surface area contributed by atoms with Gasteiger partial charge in [0.2, 0.25) is 0 Å². The molecule has 1 aromatic heterocycles. The highest BCUT2D eigenvalue weighted by atomic mass is 16.5. The lowest BCUT2D eigenvalue weighted by Gasteiger charge is -2.10. The van der Waals surface area contributed by atoms with Gasteiger partial charge in [0.25, 0.3) is 5.91 Å². The number of para-hydroxylation sites is 1. The first-order valence-corrected chi connectivity index (χ1v) is 8.93. The summed E-state index contributed by atoms with van der Waals surface area (Å²) in [5, 5.41) is 6.00. The van der Waals surface area contributed by atoms with Gasteiger partial charge in [-0.15, -0.1) is 0 Å². The van der Waals surface area contributed by atoms with Crippen LogP contribution < -0.4 is 10.6 Å². The molecule has 0 aliphatic rings. The second-order valence-corrected chi connectivity index (χ2v) is 5.79. The van der Waals surface area contributed by atoms with Crippen LogP contribution in [0.1, 0.15) is 54.0 Å². The smallest absolute Gasteiger partial charge is 0.340 e. The molecule has 0 atom stereocenters. The highest BCUT2D eigenvalue weighted by Crippen LogP contribution is 2.17. The van der Waals surface area contributed by atoms with Gasteiger partial charge in [0.15, 0.2) is 0 Å². The van der Waals surface area contributed by atoms with Crippen molar-refractivity contribution < 1.29 is 14.3 Å². The predicted octanol–water partition coefficient (Wildman–Crippen LogP) is 4.11. The minimum atomic E-state index is -0.469. The van der Waals surface area contributed by atoms with Crippen molar-refractivity contribution in [2.45, 2.75) is 33.1 Å². The Morgan fingerprint density at radius 3 is 2.58 bits per heavy atom. The lowest BCUT2D eigenvalue weighted by atomic mass is 10.1. The first-order valence-electron chi connectivity index (χ1n) is 8.93. The molecule has 0 aliphatic heterocycles. The topological polar surface area (TPSA) is 80.3 Å². The summed E-state index contributed by atoms with van der Waals surface area (Å²) in [7, 11) is 0. The van der Waals surface area contributed by atoms with Crippen LogP contribution in [-0.2, 0) is 4.74 Å². The number of benzene rings is 1. The number of nitrogens with zero attached hydrogens (tertiary/aromatic N) is 1. The van der Waals surface area contributed by atoms with Gasteiger partial charge in [0.1, 0.15) is 5.69 Å². The highest BCUT2D eigenvalue weighted by molar-refractivity contribution is 6.07. The van der Waals surface area contributed by atoms with Crippen LogP contribution in [0.5, 0.6) is 0 Å². The number of hydrogen-bond donors (Lipinski definition) is 2. The predicted molar refractivity (Wildman–Crippen MR) is 103 cm³/mol. The summed E-state index contributed by atoms with van der Waals surface area (Å²) in [4.78, 5) is 28.6. The van der Waals surface area contributed by atoms with Crippen LogP contribution in [0, 0.1) is 0 Å². The zero-order chi connectivity index (χ0) is 18.8. The quantitative estimate of drug-likeness (QED) is 0.522. The molecule has 0 bridgehead atoms. The van der Waals surface area contributed by atoms with E-state index in [1.807, 2.05) is 6.07 Å². The molecule has 6 nitrogen and oxygen atoms in total. The third-order valence-corrected chi connectivity index (χ3v) is 3.78. The summed E-state index contributed by atoms with van der Waals surface area (Å²) in [6.07, 6.45) is 5.09. The number of ether oxygens (including phenoxy) is 1. The van der Waals surface area contributed by atoms with Gasteiger partial charge in [-0.05, 0) is 37.6 Å². The van der Waals surface area contributed by atoms with Gasteiger partial charge < -0.3 is 15.4 Å². The number of aromatic nitrogens is 1. The summed E-state index contributed by atoms with van der Waals surface area (Å²) in [6, 6.07) is 10.2. The highest BCUT2D eigenvalue weighted by Gasteiger charge is 2.15. The maximum atomic E-state index is 12.4. The fraction of sp³-hybridized carbons (Fsp3) is 0.350. The molecule has 0 unspecified atom stereocenters. The number of carbonyl (C=O) groups is 2. The SMILES string of the molecule is CCCCCNc1ccc(C(=O)Nc2ccccc2C(=O)OCC)nc1. The Balaban J connectivity index is 2.01. The molecule has 1 amide bonds. The molecule has 2 aromatic rings. The van der Waals surface area contributed by atoms with E-state index < -0.39 is 5.97 Å². The Hall–Kier alpha value is -2.89. The molecule has 138 valence electrons. The Morgan fingerprint density at radius 1 is 1.08 bits per heavy atom. The van der Waals surface area contributed by atoms with Gasteiger partial charge >= 0.3 is 5.97 Å². The monoisotopic (exact) mass is 355 g/mol. The van der Waals surface area contributed by atoms with E-state index in [9.17, 15) is 9.59 Å². The normalized spacial score (nSPS) is 10.2. The largest absolute Gasteiger partial charge is 0.462 e. The minimum Gasteiger partial charge on any atom is -0.462 e. The van der Waals surface area contributed by atoms with Crippen LogP contribution in [0.4, 0.5) is 11.4 Å². The van der Waals surface area contributed by atoms with E-state index in [0.717, 1.165) is 18.7 Å². The Bertz CT molecular complexity index is 729. The van der Waals surface area contributed by atoms with E-state index in [0.29, 0.717) is 11.3 Å². The Kier molecular flexibility index (Phi) is 7.61. The molecule has 26 heavy (non-hydrogen) atoms. The molecule has 2 rings (SSSR count). The maximum Gasteiger partial charge on any atom is 0.340 e. The van der Waals surface area contributed by atoms with Crippen LogP contribution in [0.2, 0.25) is 0 Å². The average Bonchev–Trinajstić information content (AvgIpc) is 2.66. The second-order valence-electron chi connectivity index (χ2n) is 5.79. The number of amides is 1. The molecular formula is C20H25N3O3. The van der Waals surface area contributed by atoms with Crippen LogP contribution in [0.15, 0.2) is 42.6 Å². The molecule has 2 N–H and O–H groups in total. The molecule has 1 aromatic carbocycles. The zero-order valence-electron chi connectivity index (χ0n) is 15.2. The second kappa shape index (κ2) is 10.2.